The fourth-order valence-corrected chi connectivity index (χ4v) is 2.35. The van der Waals surface area contributed by atoms with Crippen molar-refractivity contribution in [3.05, 3.63) is 53.6 Å². The first-order valence-electron chi connectivity index (χ1n) is 7.27. The summed E-state index contributed by atoms with van der Waals surface area (Å²) in [5.41, 5.74) is 0. The number of amides is 1. The summed E-state index contributed by atoms with van der Waals surface area (Å²) >= 11 is 5.99. The predicted molar refractivity (Wildman–Crippen MR) is 86.3 cm³/mol. The van der Waals surface area contributed by atoms with Crippen molar-refractivity contribution in [1.82, 2.24) is 5.32 Å². The van der Waals surface area contributed by atoms with Crippen LogP contribution in [0.3, 0.4) is 0 Å². The molecule has 2 aromatic rings. The van der Waals surface area contributed by atoms with E-state index >= 15 is 0 Å². The lowest BCUT2D eigenvalue weighted by Crippen LogP contribution is -2.45. The zero-order valence-corrected chi connectivity index (χ0v) is 13.1. The summed E-state index contributed by atoms with van der Waals surface area (Å²) in [6, 6.07) is 14.5. The van der Waals surface area contributed by atoms with Crippen molar-refractivity contribution in [1.29, 1.82) is 0 Å². The molecule has 120 valence electrons. The van der Waals surface area contributed by atoms with Gasteiger partial charge in [-0.2, -0.15) is 0 Å². The first kappa shape index (κ1) is 15.5. The molecule has 5 nitrogen and oxygen atoms in total. The Bertz CT molecular complexity index is 692. The van der Waals surface area contributed by atoms with Crippen molar-refractivity contribution in [2.75, 3.05) is 19.8 Å². The molecule has 1 heterocycles. The second-order valence-corrected chi connectivity index (χ2v) is 5.34. The second-order valence-electron chi connectivity index (χ2n) is 4.93. The molecule has 0 unspecified atom stereocenters. The van der Waals surface area contributed by atoms with Gasteiger partial charge in [0, 0.05) is 0 Å². The van der Waals surface area contributed by atoms with Crippen LogP contribution in [0.5, 0.6) is 17.2 Å². The molecular weight excluding hydrogens is 318 g/mol. The molecule has 6 heteroatoms. The number of benzene rings is 2. The lowest BCUT2D eigenvalue weighted by molar-refractivity contribution is -0.130. The van der Waals surface area contributed by atoms with Gasteiger partial charge in [0.05, 0.1) is 11.6 Å². The van der Waals surface area contributed by atoms with Crippen LogP contribution in [-0.2, 0) is 4.79 Å². The van der Waals surface area contributed by atoms with Gasteiger partial charge in [-0.05, 0) is 24.3 Å². The summed E-state index contributed by atoms with van der Waals surface area (Å²) in [6.07, 6.45) is -0.662. The Morgan fingerprint density at radius 3 is 2.74 bits per heavy atom. The minimum atomic E-state index is -0.662. The number of carbonyl (C=O) groups is 1. The van der Waals surface area contributed by atoms with Gasteiger partial charge in [0.2, 0.25) is 6.10 Å². The van der Waals surface area contributed by atoms with Crippen LogP contribution in [0.2, 0.25) is 5.02 Å². The zero-order chi connectivity index (χ0) is 16.1. The molecule has 0 aromatic heterocycles. The maximum absolute atomic E-state index is 12.1. The van der Waals surface area contributed by atoms with Crippen molar-refractivity contribution in [3.63, 3.8) is 0 Å². The molecule has 23 heavy (non-hydrogen) atoms. The lowest BCUT2D eigenvalue weighted by atomic mass is 10.2. The molecule has 1 N–H and O–H groups in total. The molecule has 0 spiro atoms. The maximum Gasteiger partial charge on any atom is 0.264 e. The summed E-state index contributed by atoms with van der Waals surface area (Å²) in [4.78, 5) is 12.1. The minimum absolute atomic E-state index is 0.189. The normalized spacial score (nSPS) is 15.8. The SMILES string of the molecule is O=C(NCCOc1ccccc1Cl)[C@H]1COc2ccccc2O1. The number of nitrogens with one attached hydrogen (secondary N) is 1. The number of hydrogen-bond donors (Lipinski definition) is 1. The van der Waals surface area contributed by atoms with Crippen LogP contribution >= 0.6 is 11.6 Å². The third-order valence-corrected chi connectivity index (χ3v) is 3.61. The van der Waals surface area contributed by atoms with Crippen LogP contribution in [0.4, 0.5) is 0 Å². The van der Waals surface area contributed by atoms with E-state index in [0.29, 0.717) is 35.4 Å². The van der Waals surface area contributed by atoms with Gasteiger partial charge in [-0.1, -0.05) is 35.9 Å². The van der Waals surface area contributed by atoms with E-state index in [1.807, 2.05) is 24.3 Å². The molecule has 2 aromatic carbocycles. The van der Waals surface area contributed by atoms with E-state index in [1.54, 1.807) is 24.3 Å². The van der Waals surface area contributed by atoms with Crippen molar-refractivity contribution < 1.29 is 19.0 Å². The van der Waals surface area contributed by atoms with Gasteiger partial charge < -0.3 is 19.5 Å². The van der Waals surface area contributed by atoms with E-state index in [2.05, 4.69) is 5.32 Å². The number of fused-ring (bicyclic) bond motifs is 1. The van der Waals surface area contributed by atoms with Gasteiger partial charge in [-0.25, -0.2) is 0 Å². The topological polar surface area (TPSA) is 56.8 Å². The third-order valence-electron chi connectivity index (χ3n) is 3.30. The second kappa shape index (κ2) is 7.24. The molecular formula is C17H16ClNO4. The first-order valence-corrected chi connectivity index (χ1v) is 7.65. The van der Waals surface area contributed by atoms with E-state index in [9.17, 15) is 4.79 Å². The largest absolute Gasteiger partial charge is 0.490 e. The summed E-state index contributed by atoms with van der Waals surface area (Å²) in [7, 11) is 0. The van der Waals surface area contributed by atoms with Gasteiger partial charge in [0.1, 0.15) is 19.0 Å². The summed E-state index contributed by atoms with van der Waals surface area (Å²) in [6.45, 7) is 0.861. The molecule has 0 saturated heterocycles. The van der Waals surface area contributed by atoms with Gasteiger partial charge in [-0.3, -0.25) is 4.79 Å². The highest BCUT2D eigenvalue weighted by molar-refractivity contribution is 6.32. The van der Waals surface area contributed by atoms with Crippen molar-refractivity contribution in [3.8, 4) is 17.2 Å². The zero-order valence-electron chi connectivity index (χ0n) is 12.3. The average Bonchev–Trinajstić information content (AvgIpc) is 2.59. The number of ether oxygens (including phenoxy) is 3. The van der Waals surface area contributed by atoms with E-state index in [4.69, 9.17) is 25.8 Å². The van der Waals surface area contributed by atoms with Crippen molar-refractivity contribution >= 4 is 17.5 Å². The molecule has 1 aliphatic rings. The summed E-state index contributed by atoms with van der Waals surface area (Å²) < 4.78 is 16.7. The average molecular weight is 334 g/mol. The molecule has 1 atom stereocenters. The Labute approximate surface area is 139 Å². The Morgan fingerprint density at radius 2 is 1.91 bits per heavy atom. The Balaban J connectivity index is 1.45. The first-order chi connectivity index (χ1) is 11.2. The fraction of sp³-hybridized carbons (Fsp3) is 0.235. The number of halogens is 1. The minimum Gasteiger partial charge on any atom is -0.490 e. The Hall–Kier alpha value is -2.40. The molecule has 1 aliphatic heterocycles. The van der Waals surface area contributed by atoms with Crippen LogP contribution in [0.1, 0.15) is 0 Å². The lowest BCUT2D eigenvalue weighted by Gasteiger charge is -2.25. The quantitative estimate of drug-likeness (QED) is 0.855. The van der Waals surface area contributed by atoms with Gasteiger partial charge >= 0.3 is 0 Å². The monoisotopic (exact) mass is 333 g/mol. The molecule has 1 amide bonds. The number of hydrogen-bond acceptors (Lipinski definition) is 4. The van der Waals surface area contributed by atoms with E-state index in [-0.39, 0.29) is 12.5 Å². The molecule has 0 aliphatic carbocycles. The van der Waals surface area contributed by atoms with E-state index in [0.717, 1.165) is 0 Å². The van der Waals surface area contributed by atoms with Gasteiger partial charge in [-0.15, -0.1) is 0 Å². The van der Waals surface area contributed by atoms with Crippen LogP contribution < -0.4 is 19.5 Å². The highest BCUT2D eigenvalue weighted by Crippen LogP contribution is 2.30. The highest BCUT2D eigenvalue weighted by atomic mass is 35.5. The van der Waals surface area contributed by atoms with Crippen LogP contribution in [-0.4, -0.2) is 31.8 Å². The highest BCUT2D eigenvalue weighted by Gasteiger charge is 2.26. The maximum atomic E-state index is 12.1. The van der Waals surface area contributed by atoms with Crippen LogP contribution in [0, 0.1) is 0 Å². The predicted octanol–water partition coefficient (Wildman–Crippen LogP) is 2.68. The Kier molecular flexibility index (Phi) is 4.88. The van der Waals surface area contributed by atoms with Gasteiger partial charge in [0.15, 0.2) is 11.5 Å². The van der Waals surface area contributed by atoms with E-state index < -0.39 is 6.10 Å². The smallest absolute Gasteiger partial charge is 0.264 e. The third kappa shape index (κ3) is 3.87. The van der Waals surface area contributed by atoms with Crippen LogP contribution in [0.15, 0.2) is 48.5 Å². The number of para-hydroxylation sites is 3. The van der Waals surface area contributed by atoms with Crippen LogP contribution in [0.25, 0.3) is 0 Å². The van der Waals surface area contributed by atoms with Crippen molar-refractivity contribution in [2.24, 2.45) is 0 Å². The van der Waals surface area contributed by atoms with Gasteiger partial charge in [0.25, 0.3) is 5.91 Å². The molecule has 0 saturated carbocycles. The van der Waals surface area contributed by atoms with Crippen molar-refractivity contribution in [2.45, 2.75) is 6.10 Å². The standard InChI is InChI=1S/C17H16ClNO4/c18-12-5-1-2-6-13(12)21-10-9-19-17(20)16-11-22-14-7-3-4-8-15(14)23-16/h1-8,16H,9-11H2,(H,19,20)/t16-/m1/s1. The molecule has 0 bridgehead atoms. The Morgan fingerprint density at radius 1 is 1.17 bits per heavy atom. The van der Waals surface area contributed by atoms with E-state index in [1.165, 1.54) is 0 Å². The fourth-order valence-electron chi connectivity index (χ4n) is 2.16. The molecule has 0 fully saturated rings. The number of carbonyl (C=O) groups excluding carboxylic acids is 1. The molecule has 0 radical (unpaired) electrons. The molecule has 3 rings (SSSR count). The summed E-state index contributed by atoms with van der Waals surface area (Å²) in [5, 5.41) is 3.30. The summed E-state index contributed by atoms with van der Waals surface area (Å²) in [5.74, 6) is 1.58. The number of rotatable bonds is 5.